The Morgan fingerprint density at radius 1 is 1.40 bits per heavy atom. The second-order valence-electron chi connectivity index (χ2n) is 2.57. The zero-order chi connectivity index (χ0) is 7.61. The van der Waals surface area contributed by atoms with E-state index in [1.54, 1.807) is 0 Å². The van der Waals surface area contributed by atoms with Gasteiger partial charge < -0.3 is 0 Å². The van der Waals surface area contributed by atoms with Gasteiger partial charge in [-0.2, -0.15) is 4.31 Å². The van der Waals surface area contributed by atoms with Crippen molar-refractivity contribution in [1.82, 2.24) is 4.31 Å². The fourth-order valence-electron chi connectivity index (χ4n) is 0.775. The summed E-state index contributed by atoms with van der Waals surface area (Å²) in [5, 5.41) is 0. The molecular formula is C6H13NO2S. The molecule has 0 radical (unpaired) electrons. The highest BCUT2D eigenvalue weighted by Crippen LogP contribution is 2.13. The molecule has 1 aliphatic rings. The number of hydrogen-bond acceptors (Lipinski definition) is 2. The number of hydrogen-bond donors (Lipinski definition) is 0. The van der Waals surface area contributed by atoms with E-state index in [9.17, 15) is 8.42 Å². The van der Waals surface area contributed by atoms with Crippen molar-refractivity contribution in [3.05, 3.63) is 0 Å². The van der Waals surface area contributed by atoms with Gasteiger partial charge in [0.25, 0.3) is 0 Å². The number of sulfonamides is 1. The third-order valence-electron chi connectivity index (χ3n) is 1.56. The highest BCUT2D eigenvalue weighted by molar-refractivity contribution is 7.89. The maximum absolute atomic E-state index is 11.1. The molecule has 0 bridgehead atoms. The average Bonchev–Trinajstić information content (AvgIpc) is 2.64. The Kier molecular flexibility index (Phi) is 2.31. The number of nitrogens with zero attached hydrogens (tertiary/aromatic N) is 1. The van der Waals surface area contributed by atoms with Crippen LogP contribution in [0.25, 0.3) is 0 Å². The minimum atomic E-state index is -2.82. The first kappa shape index (κ1) is 8.01. The van der Waals surface area contributed by atoms with Gasteiger partial charge >= 0.3 is 0 Å². The summed E-state index contributed by atoms with van der Waals surface area (Å²) in [4.78, 5) is 0. The Labute approximate surface area is 62.1 Å². The lowest BCUT2D eigenvalue weighted by Crippen LogP contribution is -2.15. The number of rotatable bonds is 4. The van der Waals surface area contributed by atoms with Gasteiger partial charge in [-0.1, -0.05) is 13.3 Å². The van der Waals surface area contributed by atoms with E-state index in [-0.39, 0.29) is 0 Å². The Morgan fingerprint density at radius 2 is 2.00 bits per heavy atom. The topological polar surface area (TPSA) is 37.1 Å². The maximum atomic E-state index is 11.1. The van der Waals surface area contributed by atoms with E-state index in [0.717, 1.165) is 25.9 Å². The van der Waals surface area contributed by atoms with Crippen LogP contribution in [0.1, 0.15) is 19.8 Å². The van der Waals surface area contributed by atoms with Crippen LogP contribution in [-0.4, -0.2) is 31.6 Å². The summed E-state index contributed by atoms with van der Waals surface area (Å²) in [5.41, 5.74) is 0. The van der Waals surface area contributed by atoms with Crippen LogP contribution < -0.4 is 0 Å². The first-order valence-corrected chi connectivity index (χ1v) is 5.25. The molecule has 3 nitrogen and oxygen atoms in total. The van der Waals surface area contributed by atoms with E-state index < -0.39 is 10.0 Å². The molecule has 0 N–H and O–H groups in total. The van der Waals surface area contributed by atoms with Crippen LogP contribution in [0.2, 0.25) is 0 Å². The molecule has 60 valence electrons. The highest BCUT2D eigenvalue weighted by atomic mass is 32.2. The Balaban J connectivity index is 2.36. The molecule has 1 rings (SSSR count). The first-order valence-electron chi connectivity index (χ1n) is 3.64. The van der Waals surface area contributed by atoms with Crippen molar-refractivity contribution in [2.45, 2.75) is 19.8 Å². The summed E-state index contributed by atoms with van der Waals surface area (Å²) >= 11 is 0. The molecule has 0 aromatic carbocycles. The molecule has 0 aromatic heterocycles. The van der Waals surface area contributed by atoms with Crippen molar-refractivity contribution in [3.8, 4) is 0 Å². The molecule has 1 fully saturated rings. The quantitative estimate of drug-likeness (QED) is 0.564. The van der Waals surface area contributed by atoms with Gasteiger partial charge in [-0.05, 0) is 6.42 Å². The van der Waals surface area contributed by atoms with E-state index in [4.69, 9.17) is 0 Å². The zero-order valence-corrected chi connectivity index (χ0v) is 7.02. The molecule has 10 heavy (non-hydrogen) atoms. The Hall–Kier alpha value is -0.0900. The molecule has 0 unspecified atom stereocenters. The van der Waals surface area contributed by atoms with Gasteiger partial charge in [0, 0.05) is 13.1 Å². The van der Waals surface area contributed by atoms with Gasteiger partial charge in [0.2, 0.25) is 10.0 Å². The standard InChI is InChI=1S/C6H13NO2S/c1-2-3-6-10(8,9)7-4-5-7/h2-6H2,1H3. The molecular weight excluding hydrogens is 150 g/mol. The molecule has 4 heteroatoms. The third-order valence-corrected chi connectivity index (χ3v) is 3.51. The minimum Gasteiger partial charge on any atom is -0.212 e. The molecule has 0 spiro atoms. The lowest BCUT2D eigenvalue weighted by atomic mass is 10.4. The van der Waals surface area contributed by atoms with Crippen molar-refractivity contribution in [2.75, 3.05) is 18.8 Å². The summed E-state index contributed by atoms with van der Waals surface area (Å²) in [6.07, 6.45) is 1.74. The molecule has 0 aromatic rings. The molecule has 0 saturated carbocycles. The Morgan fingerprint density at radius 3 is 2.40 bits per heavy atom. The normalized spacial score (nSPS) is 19.3. The van der Waals surface area contributed by atoms with E-state index in [1.165, 1.54) is 4.31 Å². The van der Waals surface area contributed by atoms with Crippen LogP contribution in [-0.2, 0) is 10.0 Å². The van der Waals surface area contributed by atoms with Crippen LogP contribution in [0.3, 0.4) is 0 Å². The molecule has 1 heterocycles. The van der Waals surface area contributed by atoms with Gasteiger partial charge in [-0.15, -0.1) is 0 Å². The van der Waals surface area contributed by atoms with Crippen LogP contribution in [0.5, 0.6) is 0 Å². The molecule has 0 atom stereocenters. The van der Waals surface area contributed by atoms with Crippen LogP contribution in [0, 0.1) is 0 Å². The van der Waals surface area contributed by atoms with Crippen molar-refractivity contribution in [1.29, 1.82) is 0 Å². The molecule has 0 aliphatic carbocycles. The van der Waals surface area contributed by atoms with Crippen LogP contribution >= 0.6 is 0 Å². The largest absolute Gasteiger partial charge is 0.214 e. The van der Waals surface area contributed by atoms with E-state index in [0.29, 0.717) is 5.75 Å². The lowest BCUT2D eigenvalue weighted by molar-refractivity contribution is 0.560. The number of unbranched alkanes of at least 4 members (excludes halogenated alkanes) is 1. The van der Waals surface area contributed by atoms with Gasteiger partial charge in [0.15, 0.2) is 0 Å². The lowest BCUT2D eigenvalue weighted by Gasteiger charge is -2.00. The SMILES string of the molecule is CCCCS(=O)(=O)N1CC1. The monoisotopic (exact) mass is 163 g/mol. The van der Waals surface area contributed by atoms with Gasteiger partial charge in [0.05, 0.1) is 5.75 Å². The van der Waals surface area contributed by atoms with Gasteiger partial charge in [0.1, 0.15) is 0 Å². The van der Waals surface area contributed by atoms with E-state index >= 15 is 0 Å². The van der Waals surface area contributed by atoms with Crippen molar-refractivity contribution in [2.24, 2.45) is 0 Å². The van der Waals surface area contributed by atoms with Crippen LogP contribution in [0.4, 0.5) is 0 Å². The summed E-state index contributed by atoms with van der Waals surface area (Å²) in [5.74, 6) is 0.337. The zero-order valence-electron chi connectivity index (χ0n) is 6.21. The summed E-state index contributed by atoms with van der Waals surface area (Å²) < 4.78 is 23.7. The van der Waals surface area contributed by atoms with Crippen molar-refractivity contribution >= 4 is 10.0 Å². The maximum Gasteiger partial charge on any atom is 0.214 e. The second kappa shape index (κ2) is 2.88. The fraction of sp³-hybridized carbons (Fsp3) is 1.00. The summed E-state index contributed by atoms with van der Waals surface area (Å²) in [7, 11) is -2.82. The Bertz CT molecular complexity index is 194. The van der Waals surface area contributed by atoms with E-state index in [1.807, 2.05) is 6.92 Å². The minimum absolute atomic E-state index is 0.337. The second-order valence-corrected chi connectivity index (χ2v) is 4.66. The highest BCUT2D eigenvalue weighted by Gasteiger charge is 2.30. The smallest absolute Gasteiger partial charge is 0.212 e. The van der Waals surface area contributed by atoms with Crippen molar-refractivity contribution < 1.29 is 8.42 Å². The predicted molar refractivity (Wildman–Crippen MR) is 40.3 cm³/mol. The summed E-state index contributed by atoms with van der Waals surface area (Å²) in [6, 6.07) is 0. The molecule has 1 saturated heterocycles. The fourth-order valence-corrected chi connectivity index (χ4v) is 2.32. The van der Waals surface area contributed by atoms with E-state index in [2.05, 4.69) is 0 Å². The third kappa shape index (κ3) is 1.95. The van der Waals surface area contributed by atoms with Crippen molar-refractivity contribution in [3.63, 3.8) is 0 Å². The summed E-state index contributed by atoms with van der Waals surface area (Å²) in [6.45, 7) is 3.48. The first-order chi connectivity index (χ1) is 4.67. The molecule has 0 amide bonds. The molecule has 1 aliphatic heterocycles. The van der Waals surface area contributed by atoms with Crippen LogP contribution in [0.15, 0.2) is 0 Å². The van der Waals surface area contributed by atoms with Gasteiger partial charge in [-0.25, -0.2) is 8.42 Å². The van der Waals surface area contributed by atoms with Gasteiger partial charge in [-0.3, -0.25) is 0 Å². The predicted octanol–water partition coefficient (Wildman–Crippen LogP) is 0.432. The average molecular weight is 163 g/mol.